The highest BCUT2D eigenvalue weighted by atomic mass is 16.2. The summed E-state index contributed by atoms with van der Waals surface area (Å²) in [7, 11) is 1.88. The fraction of sp³-hybridized carbons (Fsp3) is 0.211. The molecule has 0 aliphatic carbocycles. The van der Waals surface area contributed by atoms with Gasteiger partial charge in [0.1, 0.15) is 6.33 Å². The summed E-state index contributed by atoms with van der Waals surface area (Å²) in [6.07, 6.45) is 2.14. The largest absolute Gasteiger partial charge is 0.324 e. The van der Waals surface area contributed by atoms with Crippen molar-refractivity contribution in [2.45, 2.75) is 19.4 Å². The SMILES string of the molecule is Cc1c(NC(=O)C(N)Cc2ccccc2)cccc1-c1nncn1C. The number of nitrogens with two attached hydrogens (primary N) is 1. The van der Waals surface area contributed by atoms with Crippen LogP contribution in [0.3, 0.4) is 0 Å². The number of hydrogen-bond donors (Lipinski definition) is 2. The third kappa shape index (κ3) is 3.75. The van der Waals surface area contributed by atoms with Crippen LogP contribution in [0.25, 0.3) is 11.4 Å². The van der Waals surface area contributed by atoms with Gasteiger partial charge in [0.05, 0.1) is 6.04 Å². The molecule has 0 saturated carbocycles. The van der Waals surface area contributed by atoms with Gasteiger partial charge >= 0.3 is 0 Å². The van der Waals surface area contributed by atoms with Gasteiger partial charge in [-0.1, -0.05) is 42.5 Å². The van der Waals surface area contributed by atoms with Gasteiger partial charge in [-0.05, 0) is 30.5 Å². The van der Waals surface area contributed by atoms with E-state index in [1.807, 2.05) is 67.1 Å². The number of aryl methyl sites for hydroxylation is 1. The molecule has 0 bridgehead atoms. The normalized spacial score (nSPS) is 12.0. The zero-order valence-corrected chi connectivity index (χ0v) is 14.3. The molecule has 0 aliphatic heterocycles. The lowest BCUT2D eigenvalue weighted by atomic mass is 10.0. The molecule has 0 spiro atoms. The molecule has 0 saturated heterocycles. The topological polar surface area (TPSA) is 85.8 Å². The van der Waals surface area contributed by atoms with E-state index in [0.717, 1.165) is 28.2 Å². The van der Waals surface area contributed by atoms with Crippen molar-refractivity contribution in [3.05, 3.63) is 66.0 Å². The highest BCUT2D eigenvalue weighted by Gasteiger charge is 2.17. The average Bonchev–Trinajstić information content (AvgIpc) is 3.03. The molecule has 25 heavy (non-hydrogen) atoms. The number of rotatable bonds is 5. The van der Waals surface area contributed by atoms with Gasteiger partial charge in [0, 0.05) is 18.3 Å². The highest BCUT2D eigenvalue weighted by molar-refractivity contribution is 5.96. The molecule has 1 unspecified atom stereocenters. The maximum absolute atomic E-state index is 12.5. The van der Waals surface area contributed by atoms with Crippen LogP contribution >= 0.6 is 0 Å². The van der Waals surface area contributed by atoms with Gasteiger partial charge in [0.2, 0.25) is 5.91 Å². The molecule has 6 heteroatoms. The zero-order chi connectivity index (χ0) is 17.8. The first kappa shape index (κ1) is 16.9. The summed E-state index contributed by atoms with van der Waals surface area (Å²) < 4.78 is 1.84. The smallest absolute Gasteiger partial charge is 0.241 e. The predicted molar refractivity (Wildman–Crippen MR) is 97.9 cm³/mol. The van der Waals surface area contributed by atoms with E-state index in [1.54, 1.807) is 6.33 Å². The Labute approximate surface area is 146 Å². The van der Waals surface area contributed by atoms with Crippen molar-refractivity contribution in [2.75, 3.05) is 5.32 Å². The number of anilines is 1. The van der Waals surface area contributed by atoms with Crippen molar-refractivity contribution in [2.24, 2.45) is 12.8 Å². The number of benzene rings is 2. The van der Waals surface area contributed by atoms with E-state index in [4.69, 9.17) is 5.73 Å². The Morgan fingerprint density at radius 1 is 1.20 bits per heavy atom. The maximum Gasteiger partial charge on any atom is 0.241 e. The summed E-state index contributed by atoms with van der Waals surface area (Å²) in [6.45, 7) is 1.95. The van der Waals surface area contributed by atoms with Crippen molar-refractivity contribution in [3.8, 4) is 11.4 Å². The van der Waals surface area contributed by atoms with Crippen LogP contribution in [0.1, 0.15) is 11.1 Å². The number of hydrogen-bond acceptors (Lipinski definition) is 4. The third-order valence-corrected chi connectivity index (χ3v) is 4.18. The Bertz CT molecular complexity index is 873. The molecular weight excluding hydrogens is 314 g/mol. The van der Waals surface area contributed by atoms with Gasteiger partial charge in [0.25, 0.3) is 0 Å². The molecule has 128 valence electrons. The number of aromatic nitrogens is 3. The summed E-state index contributed by atoms with van der Waals surface area (Å²) in [5, 5.41) is 11.0. The Morgan fingerprint density at radius 2 is 1.96 bits per heavy atom. The van der Waals surface area contributed by atoms with Crippen LogP contribution in [0.2, 0.25) is 0 Å². The Balaban J connectivity index is 1.76. The van der Waals surface area contributed by atoms with E-state index in [-0.39, 0.29) is 5.91 Å². The quantitative estimate of drug-likeness (QED) is 0.749. The van der Waals surface area contributed by atoms with Crippen molar-refractivity contribution >= 4 is 11.6 Å². The van der Waals surface area contributed by atoms with E-state index < -0.39 is 6.04 Å². The molecule has 6 nitrogen and oxygen atoms in total. The van der Waals surface area contributed by atoms with E-state index in [2.05, 4.69) is 15.5 Å². The van der Waals surface area contributed by atoms with Crippen molar-refractivity contribution in [3.63, 3.8) is 0 Å². The lowest BCUT2D eigenvalue weighted by molar-refractivity contribution is -0.117. The predicted octanol–water partition coefficient (Wildman–Crippen LogP) is 2.30. The lowest BCUT2D eigenvalue weighted by Gasteiger charge is -2.15. The van der Waals surface area contributed by atoms with Gasteiger partial charge in [-0.2, -0.15) is 0 Å². The van der Waals surface area contributed by atoms with Gasteiger partial charge in [0.15, 0.2) is 5.82 Å². The zero-order valence-electron chi connectivity index (χ0n) is 14.3. The first-order chi connectivity index (χ1) is 12.1. The average molecular weight is 335 g/mol. The molecule has 2 aromatic carbocycles. The second-order valence-electron chi connectivity index (χ2n) is 6.03. The second-order valence-corrected chi connectivity index (χ2v) is 6.03. The molecule has 3 aromatic rings. The van der Waals surface area contributed by atoms with E-state index >= 15 is 0 Å². The summed E-state index contributed by atoms with van der Waals surface area (Å²) in [4.78, 5) is 12.5. The van der Waals surface area contributed by atoms with Gasteiger partial charge in [-0.3, -0.25) is 4.79 Å². The van der Waals surface area contributed by atoms with Gasteiger partial charge < -0.3 is 15.6 Å². The molecular formula is C19H21N5O. The van der Waals surface area contributed by atoms with Crippen LogP contribution in [0.5, 0.6) is 0 Å². The monoisotopic (exact) mass is 335 g/mol. The standard InChI is InChI=1S/C19H21N5O/c1-13-15(18-23-21-12-24(18)2)9-6-10-17(13)22-19(25)16(20)11-14-7-4-3-5-8-14/h3-10,12,16H,11,20H2,1-2H3,(H,22,25). The number of amides is 1. The molecule has 1 atom stereocenters. The molecule has 0 fully saturated rings. The van der Waals surface area contributed by atoms with Crippen LogP contribution in [-0.2, 0) is 18.3 Å². The Hall–Kier alpha value is -2.99. The molecule has 3 N–H and O–H groups in total. The fourth-order valence-electron chi connectivity index (χ4n) is 2.73. The first-order valence-electron chi connectivity index (χ1n) is 8.10. The van der Waals surface area contributed by atoms with Crippen LogP contribution < -0.4 is 11.1 Å². The van der Waals surface area contributed by atoms with Gasteiger partial charge in [-0.15, -0.1) is 10.2 Å². The van der Waals surface area contributed by atoms with E-state index in [0.29, 0.717) is 6.42 Å². The summed E-state index contributed by atoms with van der Waals surface area (Å²) in [6, 6.07) is 14.8. The molecule has 1 heterocycles. The molecule has 0 radical (unpaired) electrons. The highest BCUT2D eigenvalue weighted by Crippen LogP contribution is 2.26. The van der Waals surface area contributed by atoms with Crippen molar-refractivity contribution in [1.29, 1.82) is 0 Å². The minimum Gasteiger partial charge on any atom is -0.324 e. The molecule has 3 rings (SSSR count). The number of carbonyl (C=O) groups is 1. The fourth-order valence-corrected chi connectivity index (χ4v) is 2.73. The summed E-state index contributed by atoms with van der Waals surface area (Å²) in [5.74, 6) is 0.546. The Morgan fingerprint density at radius 3 is 2.64 bits per heavy atom. The van der Waals surface area contributed by atoms with Crippen molar-refractivity contribution < 1.29 is 4.79 Å². The maximum atomic E-state index is 12.5. The number of nitrogens with zero attached hydrogens (tertiary/aromatic N) is 3. The van der Waals surface area contributed by atoms with Crippen LogP contribution in [0.15, 0.2) is 54.9 Å². The second kappa shape index (κ2) is 7.27. The minimum atomic E-state index is -0.611. The molecule has 0 aliphatic rings. The van der Waals surface area contributed by atoms with Crippen LogP contribution in [0, 0.1) is 6.92 Å². The van der Waals surface area contributed by atoms with Crippen LogP contribution in [-0.4, -0.2) is 26.7 Å². The van der Waals surface area contributed by atoms with Gasteiger partial charge in [-0.25, -0.2) is 0 Å². The first-order valence-corrected chi connectivity index (χ1v) is 8.10. The molecule has 1 aromatic heterocycles. The summed E-state index contributed by atoms with van der Waals surface area (Å²) >= 11 is 0. The lowest BCUT2D eigenvalue weighted by Crippen LogP contribution is -2.37. The molecule has 1 amide bonds. The number of nitrogens with one attached hydrogen (secondary N) is 1. The minimum absolute atomic E-state index is 0.206. The summed E-state index contributed by atoms with van der Waals surface area (Å²) in [5.41, 5.74) is 9.69. The Kier molecular flexibility index (Phi) is 4.90. The van der Waals surface area contributed by atoms with Crippen LogP contribution in [0.4, 0.5) is 5.69 Å². The van der Waals surface area contributed by atoms with Crippen molar-refractivity contribution in [1.82, 2.24) is 14.8 Å². The third-order valence-electron chi connectivity index (χ3n) is 4.18. The van der Waals surface area contributed by atoms with E-state index in [9.17, 15) is 4.79 Å². The number of carbonyl (C=O) groups excluding carboxylic acids is 1. The van der Waals surface area contributed by atoms with E-state index in [1.165, 1.54) is 0 Å².